The van der Waals surface area contributed by atoms with Gasteiger partial charge in [-0.2, -0.15) is 0 Å². The highest BCUT2D eigenvalue weighted by atomic mass is 35.5. The predicted molar refractivity (Wildman–Crippen MR) is 105 cm³/mol. The van der Waals surface area contributed by atoms with Crippen LogP contribution in [0.15, 0.2) is 24.4 Å². The molecular formula is C19H18ClF3N6O3. The smallest absolute Gasteiger partial charge is 0.311 e. The molecule has 2 aliphatic rings. The average Bonchev–Trinajstić information content (AvgIpc) is 3.41. The van der Waals surface area contributed by atoms with Crippen molar-refractivity contribution in [1.29, 1.82) is 0 Å². The molecule has 2 fully saturated rings. The second kappa shape index (κ2) is 8.08. The van der Waals surface area contributed by atoms with Crippen LogP contribution in [0.1, 0.15) is 25.0 Å². The van der Waals surface area contributed by atoms with E-state index in [-0.39, 0.29) is 23.8 Å². The molecule has 1 atom stereocenters. The first-order chi connectivity index (χ1) is 15.1. The molecule has 170 valence electrons. The third-order valence-corrected chi connectivity index (χ3v) is 5.90. The van der Waals surface area contributed by atoms with Crippen LogP contribution >= 0.6 is 11.6 Å². The molecule has 1 aromatic carbocycles. The number of aromatic nitrogens is 3. The molecule has 9 nitrogen and oxygen atoms in total. The number of halogens is 4. The number of benzene rings is 1. The van der Waals surface area contributed by atoms with E-state index in [9.17, 15) is 27.6 Å². The number of rotatable bonds is 4. The molecular weight excluding hydrogens is 453 g/mol. The SMILES string of the molecule is O=C(NC1(c2c[nH]nn2)CC(F)(F)C1)C(=O)N1CC[C@H](C(=O)Nc2ccc(F)c(Cl)c2)C1. The molecule has 1 aliphatic heterocycles. The number of likely N-dealkylation sites (tertiary alicyclic amines) is 1. The van der Waals surface area contributed by atoms with Crippen LogP contribution in [0.25, 0.3) is 0 Å². The van der Waals surface area contributed by atoms with Crippen LogP contribution in [-0.2, 0) is 19.9 Å². The van der Waals surface area contributed by atoms with Crippen LogP contribution in [0.5, 0.6) is 0 Å². The number of anilines is 1. The van der Waals surface area contributed by atoms with E-state index in [0.717, 1.165) is 6.07 Å². The van der Waals surface area contributed by atoms with E-state index in [1.54, 1.807) is 0 Å². The van der Waals surface area contributed by atoms with Crippen molar-refractivity contribution in [2.45, 2.75) is 30.7 Å². The van der Waals surface area contributed by atoms with E-state index < -0.39 is 53.8 Å². The fraction of sp³-hybridized carbons (Fsp3) is 0.421. The van der Waals surface area contributed by atoms with Crippen molar-refractivity contribution < 1.29 is 27.6 Å². The Bertz CT molecular complexity index is 1060. The van der Waals surface area contributed by atoms with E-state index in [1.165, 1.54) is 23.2 Å². The van der Waals surface area contributed by atoms with Gasteiger partial charge in [0.2, 0.25) is 5.91 Å². The van der Waals surface area contributed by atoms with E-state index in [0.29, 0.717) is 12.1 Å². The lowest BCUT2D eigenvalue weighted by molar-refractivity contribution is -0.159. The molecule has 1 aliphatic carbocycles. The summed E-state index contributed by atoms with van der Waals surface area (Å²) >= 11 is 5.70. The van der Waals surface area contributed by atoms with Gasteiger partial charge in [-0.15, -0.1) is 5.10 Å². The summed E-state index contributed by atoms with van der Waals surface area (Å²) in [5.41, 5.74) is -1.08. The lowest BCUT2D eigenvalue weighted by Gasteiger charge is -2.46. The lowest BCUT2D eigenvalue weighted by atomic mass is 9.71. The zero-order valence-electron chi connectivity index (χ0n) is 16.5. The maximum absolute atomic E-state index is 13.6. The van der Waals surface area contributed by atoms with Gasteiger partial charge >= 0.3 is 11.8 Å². The van der Waals surface area contributed by atoms with Gasteiger partial charge in [0.1, 0.15) is 11.5 Å². The normalized spacial score (nSPS) is 21.0. The van der Waals surface area contributed by atoms with Crippen LogP contribution in [0.3, 0.4) is 0 Å². The van der Waals surface area contributed by atoms with Gasteiger partial charge in [-0.05, 0) is 24.6 Å². The molecule has 1 saturated heterocycles. The number of aromatic amines is 1. The van der Waals surface area contributed by atoms with E-state index >= 15 is 0 Å². The Morgan fingerprint density at radius 1 is 1.25 bits per heavy atom. The van der Waals surface area contributed by atoms with Gasteiger partial charge in [-0.3, -0.25) is 19.5 Å². The number of carbonyl (C=O) groups excluding carboxylic acids is 3. The van der Waals surface area contributed by atoms with Crippen molar-refractivity contribution in [3.05, 3.63) is 40.9 Å². The Balaban J connectivity index is 1.36. The van der Waals surface area contributed by atoms with Gasteiger partial charge in [-0.1, -0.05) is 16.8 Å². The second-order valence-corrected chi connectivity index (χ2v) is 8.37. The van der Waals surface area contributed by atoms with Crippen molar-refractivity contribution in [3.63, 3.8) is 0 Å². The van der Waals surface area contributed by atoms with Gasteiger partial charge in [-0.25, -0.2) is 13.2 Å². The van der Waals surface area contributed by atoms with Crippen molar-refractivity contribution >= 4 is 35.0 Å². The minimum Gasteiger partial charge on any atom is -0.336 e. The predicted octanol–water partition coefficient (Wildman–Crippen LogP) is 1.83. The highest BCUT2D eigenvalue weighted by molar-refractivity contribution is 6.35. The fourth-order valence-corrected chi connectivity index (χ4v) is 4.17. The molecule has 3 N–H and O–H groups in total. The number of H-pyrrole nitrogens is 1. The number of amides is 3. The average molecular weight is 471 g/mol. The lowest BCUT2D eigenvalue weighted by Crippen LogP contribution is -2.62. The molecule has 1 aromatic heterocycles. The van der Waals surface area contributed by atoms with Gasteiger partial charge in [0, 0.05) is 37.8 Å². The zero-order valence-corrected chi connectivity index (χ0v) is 17.3. The summed E-state index contributed by atoms with van der Waals surface area (Å²) in [6.07, 6.45) is 0.192. The maximum atomic E-state index is 13.6. The summed E-state index contributed by atoms with van der Waals surface area (Å²) in [4.78, 5) is 38.8. The first kappa shape index (κ1) is 22.1. The Kier molecular flexibility index (Phi) is 5.57. The molecule has 0 unspecified atom stereocenters. The Morgan fingerprint density at radius 3 is 2.62 bits per heavy atom. The first-order valence-electron chi connectivity index (χ1n) is 9.71. The van der Waals surface area contributed by atoms with Gasteiger partial charge in [0.25, 0.3) is 5.92 Å². The van der Waals surface area contributed by atoms with Crippen LogP contribution in [0.2, 0.25) is 5.02 Å². The fourth-order valence-electron chi connectivity index (χ4n) is 3.99. The van der Waals surface area contributed by atoms with Crippen LogP contribution < -0.4 is 10.6 Å². The van der Waals surface area contributed by atoms with Crippen LogP contribution in [0, 0.1) is 11.7 Å². The molecule has 4 rings (SSSR count). The standard InChI is InChI=1S/C19H18ClF3N6O3/c20-12-5-11(1-2-13(12)21)25-15(30)10-3-4-29(7-10)17(32)16(31)26-18(8-19(22,23)9-18)14-6-24-28-27-14/h1-2,5-6,10H,3-4,7-9H2,(H,25,30)(H,26,31)(H,24,27,28)/t10-/m0/s1. The minimum absolute atomic E-state index is 0.0276. The third-order valence-electron chi connectivity index (χ3n) is 5.61. The van der Waals surface area contributed by atoms with Crippen molar-refractivity contribution in [1.82, 2.24) is 25.6 Å². The molecule has 32 heavy (non-hydrogen) atoms. The summed E-state index contributed by atoms with van der Waals surface area (Å²) in [5.74, 6) is -6.62. The number of nitrogens with one attached hydrogen (secondary N) is 3. The van der Waals surface area contributed by atoms with E-state index in [2.05, 4.69) is 26.0 Å². The molecule has 0 bridgehead atoms. The highest BCUT2D eigenvalue weighted by Crippen LogP contribution is 2.50. The van der Waals surface area contributed by atoms with E-state index in [4.69, 9.17) is 11.6 Å². The third kappa shape index (κ3) is 4.27. The highest BCUT2D eigenvalue weighted by Gasteiger charge is 2.60. The van der Waals surface area contributed by atoms with Gasteiger partial charge in [0.15, 0.2) is 0 Å². The molecule has 0 spiro atoms. The number of carbonyl (C=O) groups is 3. The number of hydrogen-bond donors (Lipinski definition) is 3. The van der Waals surface area contributed by atoms with Gasteiger partial charge in [0.05, 0.1) is 16.5 Å². The monoisotopic (exact) mass is 470 g/mol. The number of nitrogens with zero attached hydrogens (tertiary/aromatic N) is 3. The molecule has 1 saturated carbocycles. The minimum atomic E-state index is -2.99. The summed E-state index contributed by atoms with van der Waals surface area (Å²) in [5, 5.41) is 14.4. The quantitative estimate of drug-likeness (QED) is 0.589. The Hall–Kier alpha value is -3.15. The summed E-state index contributed by atoms with van der Waals surface area (Å²) in [6, 6.07) is 3.72. The summed E-state index contributed by atoms with van der Waals surface area (Å²) in [6.45, 7) is 0.113. The maximum Gasteiger partial charge on any atom is 0.311 e. The Morgan fingerprint density at radius 2 is 2.00 bits per heavy atom. The molecule has 2 heterocycles. The van der Waals surface area contributed by atoms with Gasteiger partial charge < -0.3 is 15.5 Å². The number of alkyl halides is 2. The first-order valence-corrected chi connectivity index (χ1v) is 10.1. The van der Waals surface area contributed by atoms with E-state index in [1.807, 2.05) is 0 Å². The largest absolute Gasteiger partial charge is 0.336 e. The summed E-state index contributed by atoms with van der Waals surface area (Å²) < 4.78 is 40.4. The van der Waals surface area contributed by atoms with Crippen molar-refractivity contribution in [3.8, 4) is 0 Å². The van der Waals surface area contributed by atoms with Crippen LogP contribution in [0.4, 0.5) is 18.9 Å². The molecule has 13 heteroatoms. The van der Waals surface area contributed by atoms with Crippen molar-refractivity contribution in [2.75, 3.05) is 18.4 Å². The van der Waals surface area contributed by atoms with Crippen LogP contribution in [-0.4, -0.2) is 57.0 Å². The molecule has 0 radical (unpaired) electrons. The second-order valence-electron chi connectivity index (χ2n) is 7.96. The molecule has 3 amide bonds. The Labute approximate surface area is 184 Å². The number of hydrogen-bond acceptors (Lipinski definition) is 5. The zero-order chi connectivity index (χ0) is 23.1. The van der Waals surface area contributed by atoms with Crippen molar-refractivity contribution in [2.24, 2.45) is 5.92 Å². The summed E-state index contributed by atoms with van der Waals surface area (Å²) in [7, 11) is 0. The topological polar surface area (TPSA) is 120 Å². The molecule has 2 aromatic rings.